The predicted molar refractivity (Wildman–Crippen MR) is 127 cm³/mol. The van der Waals surface area contributed by atoms with Gasteiger partial charge < -0.3 is 27.3 Å². The first-order chi connectivity index (χ1) is 16.6. The molecule has 4 rings (SSSR count). The van der Waals surface area contributed by atoms with Gasteiger partial charge in [0, 0.05) is 5.56 Å². The van der Waals surface area contributed by atoms with Crippen molar-refractivity contribution in [2.75, 3.05) is 7.11 Å². The van der Waals surface area contributed by atoms with Crippen LogP contribution in [0, 0.1) is 0 Å². The zero-order chi connectivity index (χ0) is 25.5. The summed E-state index contributed by atoms with van der Waals surface area (Å²) in [5, 5.41) is 3.30. The van der Waals surface area contributed by atoms with E-state index in [4.69, 9.17) is 4.74 Å². The van der Waals surface area contributed by atoms with Gasteiger partial charge in [0.2, 0.25) is 5.91 Å². The van der Waals surface area contributed by atoms with Crippen molar-refractivity contribution in [1.82, 2.24) is 5.32 Å². The van der Waals surface area contributed by atoms with E-state index in [1.54, 1.807) is 7.11 Å². The summed E-state index contributed by atoms with van der Waals surface area (Å²) in [4.78, 5) is 16.9. The summed E-state index contributed by atoms with van der Waals surface area (Å²) in [5.41, 5.74) is 2.92. The van der Waals surface area contributed by atoms with Gasteiger partial charge in [-0.15, -0.1) is 0 Å². The number of methoxy groups -OCH3 is 1. The van der Waals surface area contributed by atoms with E-state index in [0.29, 0.717) is 5.92 Å². The molecule has 1 aliphatic rings. The fourth-order valence-electron chi connectivity index (χ4n) is 4.65. The molecule has 0 spiro atoms. The highest BCUT2D eigenvalue weighted by atomic mass is 19.5. The number of rotatable bonds is 6. The Bertz CT molecular complexity index is 1080. The number of carbonyl (C=O) groups is 1. The zero-order valence-electron chi connectivity index (χ0n) is 19.7. The van der Waals surface area contributed by atoms with Crippen molar-refractivity contribution in [2.45, 2.75) is 43.6 Å². The fourth-order valence-corrected chi connectivity index (χ4v) is 4.65. The molecule has 0 aliphatic heterocycles. The Morgan fingerprint density at radius 3 is 2.17 bits per heavy atom. The molecule has 0 unspecified atom stereocenters. The lowest BCUT2D eigenvalue weighted by atomic mass is 9.76. The van der Waals surface area contributed by atoms with Crippen LogP contribution in [0.2, 0.25) is 0 Å². The molecule has 1 heterocycles. The van der Waals surface area contributed by atoms with Gasteiger partial charge >= 0.3 is 13.1 Å². The molecule has 2 aromatic carbocycles. The average molecular weight is 488 g/mol. The monoisotopic (exact) mass is 488 g/mol. The van der Waals surface area contributed by atoms with Crippen molar-refractivity contribution in [3.05, 3.63) is 95.7 Å². The number of pyridine rings is 1. The number of hydrogen-bond acceptors (Lipinski definition) is 2. The molecule has 1 amide bonds. The Balaban J connectivity index is 0.000000623. The molecular formula is C26H29BF4N2O2. The lowest BCUT2D eigenvalue weighted by Crippen LogP contribution is -2.43. The molecule has 1 aromatic heterocycles. The molecular weight excluding hydrogens is 459 g/mol. The third kappa shape index (κ3) is 7.07. The van der Waals surface area contributed by atoms with Gasteiger partial charge in [-0.1, -0.05) is 60.7 Å². The molecule has 0 bridgehead atoms. The number of H-pyrrole nitrogens is 1. The quantitative estimate of drug-likeness (QED) is 0.348. The molecule has 35 heavy (non-hydrogen) atoms. The van der Waals surface area contributed by atoms with Crippen molar-refractivity contribution in [3.8, 4) is 5.88 Å². The number of aromatic amines is 1. The van der Waals surface area contributed by atoms with Crippen LogP contribution in [0.4, 0.5) is 17.3 Å². The smallest absolute Gasteiger partial charge is 0.448 e. The Morgan fingerprint density at radius 2 is 1.63 bits per heavy atom. The maximum absolute atomic E-state index is 13.7. The van der Waals surface area contributed by atoms with Crippen molar-refractivity contribution in [1.29, 1.82) is 0 Å². The summed E-state index contributed by atoms with van der Waals surface area (Å²) in [6.45, 7) is 2.05. The molecule has 0 radical (unpaired) electrons. The molecule has 1 aliphatic carbocycles. The molecule has 1 fully saturated rings. The van der Waals surface area contributed by atoms with Gasteiger partial charge in [-0.2, -0.15) is 4.98 Å². The number of amides is 1. The Kier molecular flexibility index (Phi) is 8.54. The minimum atomic E-state index is -6.00. The van der Waals surface area contributed by atoms with E-state index in [2.05, 4.69) is 47.6 Å². The Morgan fingerprint density at radius 1 is 1.03 bits per heavy atom. The number of aromatic nitrogens is 1. The second-order valence-corrected chi connectivity index (χ2v) is 8.68. The molecule has 1 saturated carbocycles. The summed E-state index contributed by atoms with van der Waals surface area (Å²) in [6.07, 6.45) is 4.61. The minimum absolute atomic E-state index is 0.0346. The highest BCUT2D eigenvalue weighted by molar-refractivity contribution is 6.50. The van der Waals surface area contributed by atoms with E-state index >= 15 is 0 Å². The summed E-state index contributed by atoms with van der Waals surface area (Å²) in [7, 11) is -4.35. The summed E-state index contributed by atoms with van der Waals surface area (Å²) >= 11 is 0. The number of ether oxygens (including phenoxy) is 1. The van der Waals surface area contributed by atoms with Crippen LogP contribution in [-0.4, -0.2) is 20.3 Å². The summed E-state index contributed by atoms with van der Waals surface area (Å²) < 4.78 is 44.2. The fraction of sp³-hybridized carbons (Fsp3) is 0.308. The molecule has 0 saturated heterocycles. The second-order valence-electron chi connectivity index (χ2n) is 8.68. The number of nitrogens with one attached hydrogen (secondary N) is 2. The highest BCUT2D eigenvalue weighted by Crippen LogP contribution is 2.48. The SMILES string of the molecule is COc1ccc([C@H]2CC[C@](C(=O)N[C@H](C)c3ccccc3)(c3ccccc3)C2)c[nH+]1.F[B-](F)(F)F. The van der Waals surface area contributed by atoms with Gasteiger partial charge in [-0.25, -0.2) is 0 Å². The highest BCUT2D eigenvalue weighted by Gasteiger charge is 2.47. The van der Waals surface area contributed by atoms with Crippen LogP contribution in [0.1, 0.15) is 54.8 Å². The second kappa shape index (κ2) is 11.4. The van der Waals surface area contributed by atoms with E-state index in [1.165, 1.54) is 5.56 Å². The van der Waals surface area contributed by atoms with Crippen LogP contribution < -0.4 is 15.0 Å². The van der Waals surface area contributed by atoms with Crippen LogP contribution >= 0.6 is 0 Å². The van der Waals surface area contributed by atoms with Crippen LogP contribution in [0.15, 0.2) is 79.0 Å². The van der Waals surface area contributed by atoms with Gasteiger partial charge in [-0.3, -0.25) is 4.79 Å². The summed E-state index contributed by atoms with van der Waals surface area (Å²) in [6, 6.07) is 24.4. The predicted octanol–water partition coefficient (Wildman–Crippen LogP) is 5.89. The van der Waals surface area contributed by atoms with Crippen LogP contribution in [0.5, 0.6) is 5.88 Å². The number of carbonyl (C=O) groups excluding carboxylic acids is 1. The molecule has 2 N–H and O–H groups in total. The molecule has 9 heteroatoms. The van der Waals surface area contributed by atoms with Gasteiger partial charge in [-0.05, 0) is 49.3 Å². The zero-order valence-corrected chi connectivity index (χ0v) is 19.7. The third-order valence-corrected chi connectivity index (χ3v) is 6.42. The first-order valence-corrected chi connectivity index (χ1v) is 11.5. The van der Waals surface area contributed by atoms with Gasteiger partial charge in [0.15, 0.2) is 6.20 Å². The lowest BCUT2D eigenvalue weighted by molar-refractivity contribution is -0.393. The first kappa shape index (κ1) is 26.3. The van der Waals surface area contributed by atoms with Gasteiger partial charge in [0.1, 0.15) is 0 Å². The number of hydrogen-bond donors (Lipinski definition) is 1. The molecule has 4 nitrogen and oxygen atoms in total. The molecule has 3 atom stereocenters. The van der Waals surface area contributed by atoms with E-state index in [-0.39, 0.29) is 11.9 Å². The van der Waals surface area contributed by atoms with Crippen LogP contribution in [0.3, 0.4) is 0 Å². The van der Waals surface area contributed by atoms with Crippen LogP contribution in [-0.2, 0) is 10.2 Å². The van der Waals surface area contributed by atoms with Crippen molar-refractivity contribution in [3.63, 3.8) is 0 Å². The van der Waals surface area contributed by atoms with E-state index < -0.39 is 12.7 Å². The van der Waals surface area contributed by atoms with E-state index in [0.717, 1.165) is 36.3 Å². The maximum Gasteiger partial charge on any atom is 0.673 e. The van der Waals surface area contributed by atoms with Crippen molar-refractivity contribution < 1.29 is 31.8 Å². The largest absolute Gasteiger partial charge is 0.673 e. The standard InChI is InChI=1S/C26H28N2O2.BF4/c1-19(20-9-5-3-6-10-20)28-25(29)26(23-11-7-4-8-12-23)16-15-21(17-26)22-13-14-24(30-2)27-18-22;2-1(3,4)5/h3-14,18-19,21H,15-17H2,1-2H3,(H,28,29);/q;-1/p+1/t19-,21+,26-;/m1./s1. The topological polar surface area (TPSA) is 52.5 Å². The van der Waals surface area contributed by atoms with E-state index in [9.17, 15) is 22.1 Å². The molecule has 186 valence electrons. The van der Waals surface area contributed by atoms with Gasteiger partial charge in [0.05, 0.1) is 24.6 Å². The van der Waals surface area contributed by atoms with E-state index in [1.807, 2.05) is 48.7 Å². The Labute approximate surface area is 202 Å². The number of benzene rings is 2. The third-order valence-electron chi connectivity index (χ3n) is 6.42. The average Bonchev–Trinajstić information content (AvgIpc) is 3.31. The van der Waals surface area contributed by atoms with Crippen LogP contribution in [0.25, 0.3) is 0 Å². The first-order valence-electron chi connectivity index (χ1n) is 11.5. The minimum Gasteiger partial charge on any atom is -0.448 e. The maximum atomic E-state index is 13.7. The van der Waals surface area contributed by atoms with Crippen molar-refractivity contribution in [2.24, 2.45) is 0 Å². The molecule has 3 aromatic rings. The summed E-state index contributed by atoms with van der Waals surface area (Å²) in [5.74, 6) is 1.18. The van der Waals surface area contributed by atoms with Crippen molar-refractivity contribution >= 4 is 13.2 Å². The van der Waals surface area contributed by atoms with Gasteiger partial charge in [0.25, 0.3) is 0 Å². The Hall–Kier alpha value is -3.36. The normalized spacial score (nSPS) is 20.3. The number of halogens is 4. The lowest BCUT2D eigenvalue weighted by Gasteiger charge is -2.30.